The Bertz CT molecular complexity index is 672. The van der Waals surface area contributed by atoms with Gasteiger partial charge in [0.2, 0.25) is 0 Å². The number of thiophene rings is 1. The molecule has 1 heterocycles. The Morgan fingerprint density at radius 1 is 1.30 bits per heavy atom. The molecule has 1 atom stereocenters. The van der Waals surface area contributed by atoms with Crippen LogP contribution in [0.3, 0.4) is 0 Å². The summed E-state index contributed by atoms with van der Waals surface area (Å²) >= 11 is 1.85. The van der Waals surface area contributed by atoms with Crippen LogP contribution >= 0.6 is 11.3 Å². The number of hydrogen-bond donors (Lipinski definition) is 1. The third-order valence-electron chi connectivity index (χ3n) is 3.76. The summed E-state index contributed by atoms with van der Waals surface area (Å²) in [7, 11) is 0. The van der Waals surface area contributed by atoms with Gasteiger partial charge in [0.15, 0.2) is 0 Å². The number of benzene rings is 1. The van der Waals surface area contributed by atoms with Crippen molar-refractivity contribution in [2.75, 3.05) is 6.61 Å². The van der Waals surface area contributed by atoms with Crippen LogP contribution < -0.4 is 10.1 Å². The molecular formula is C19H24N2OS. The number of nitrogens with zero attached hydrogens (tertiary/aromatic N) is 1. The molecule has 0 spiro atoms. The van der Waals surface area contributed by atoms with Gasteiger partial charge < -0.3 is 10.1 Å². The van der Waals surface area contributed by atoms with Crippen molar-refractivity contribution in [3.63, 3.8) is 0 Å². The molecule has 0 amide bonds. The van der Waals surface area contributed by atoms with Crippen LogP contribution in [0.2, 0.25) is 0 Å². The van der Waals surface area contributed by atoms with Crippen LogP contribution in [0.1, 0.15) is 46.7 Å². The summed E-state index contributed by atoms with van der Waals surface area (Å²) in [5, 5.41) is 12.1. The highest BCUT2D eigenvalue weighted by atomic mass is 32.1. The minimum absolute atomic E-state index is 0.333. The summed E-state index contributed by atoms with van der Waals surface area (Å²) in [6.07, 6.45) is 1.31. The maximum absolute atomic E-state index is 8.53. The molecule has 0 fully saturated rings. The van der Waals surface area contributed by atoms with E-state index >= 15 is 0 Å². The van der Waals surface area contributed by atoms with E-state index in [4.69, 9.17) is 10.00 Å². The zero-order valence-corrected chi connectivity index (χ0v) is 14.9. The molecule has 4 heteroatoms. The molecule has 122 valence electrons. The molecule has 23 heavy (non-hydrogen) atoms. The van der Waals surface area contributed by atoms with Crippen LogP contribution in [-0.4, -0.2) is 6.61 Å². The second-order valence-corrected chi connectivity index (χ2v) is 7.19. The summed E-state index contributed by atoms with van der Waals surface area (Å²) < 4.78 is 5.69. The van der Waals surface area contributed by atoms with Crippen molar-refractivity contribution in [1.82, 2.24) is 5.32 Å². The van der Waals surface area contributed by atoms with Gasteiger partial charge in [-0.1, -0.05) is 12.1 Å². The van der Waals surface area contributed by atoms with E-state index in [2.05, 4.69) is 50.4 Å². The first kappa shape index (κ1) is 17.5. The first-order chi connectivity index (χ1) is 11.1. The molecular weight excluding hydrogens is 304 g/mol. The van der Waals surface area contributed by atoms with Crippen LogP contribution in [0.25, 0.3) is 0 Å². The highest BCUT2D eigenvalue weighted by molar-refractivity contribution is 7.12. The zero-order chi connectivity index (χ0) is 16.7. The number of ether oxygens (including phenoxy) is 1. The fourth-order valence-corrected chi connectivity index (χ4v) is 3.57. The lowest BCUT2D eigenvalue weighted by Crippen LogP contribution is -2.18. The number of unbranched alkanes of at least 4 members (excludes halogenated alkanes) is 1. The lowest BCUT2D eigenvalue weighted by Gasteiger charge is -2.14. The summed E-state index contributed by atoms with van der Waals surface area (Å²) in [5.74, 6) is 0.873. The normalized spacial score (nSPS) is 11.9. The number of nitrogens with one attached hydrogen (secondary N) is 1. The average Bonchev–Trinajstić information content (AvgIpc) is 2.88. The van der Waals surface area contributed by atoms with Crippen molar-refractivity contribution in [2.45, 2.75) is 46.2 Å². The first-order valence-corrected chi connectivity index (χ1v) is 8.81. The molecule has 1 N–H and O–H groups in total. The molecule has 0 aliphatic carbocycles. The van der Waals surface area contributed by atoms with Gasteiger partial charge in [-0.2, -0.15) is 5.26 Å². The predicted octanol–water partition coefficient (Wildman–Crippen LogP) is 4.90. The minimum Gasteiger partial charge on any atom is -0.494 e. The molecule has 3 nitrogen and oxygen atoms in total. The number of rotatable bonds is 8. The maximum atomic E-state index is 8.53. The molecule has 2 rings (SSSR count). The molecule has 0 aliphatic rings. The number of nitriles is 1. The van der Waals surface area contributed by atoms with Crippen LogP contribution in [0.15, 0.2) is 30.3 Å². The molecule has 0 saturated carbocycles. The monoisotopic (exact) mass is 328 g/mol. The third kappa shape index (κ3) is 5.38. The predicted molar refractivity (Wildman–Crippen MR) is 95.8 cm³/mol. The Kier molecular flexibility index (Phi) is 6.64. The van der Waals surface area contributed by atoms with Gasteiger partial charge in [0.25, 0.3) is 0 Å². The van der Waals surface area contributed by atoms with E-state index in [1.807, 2.05) is 23.5 Å². The number of hydrogen-bond acceptors (Lipinski definition) is 4. The Hall–Kier alpha value is -1.83. The van der Waals surface area contributed by atoms with Crippen LogP contribution in [0.5, 0.6) is 5.75 Å². The third-order valence-corrected chi connectivity index (χ3v) is 4.74. The van der Waals surface area contributed by atoms with Gasteiger partial charge in [-0.05, 0) is 56.5 Å². The molecule has 0 bridgehead atoms. The highest BCUT2D eigenvalue weighted by Gasteiger charge is 2.10. The fraction of sp³-hybridized carbons (Fsp3) is 0.421. The van der Waals surface area contributed by atoms with E-state index in [1.165, 1.54) is 20.9 Å². The van der Waals surface area contributed by atoms with Crippen LogP contribution in [0, 0.1) is 25.2 Å². The molecule has 1 unspecified atom stereocenters. The largest absolute Gasteiger partial charge is 0.494 e. The summed E-state index contributed by atoms with van der Waals surface area (Å²) in [6.45, 7) is 7.94. The van der Waals surface area contributed by atoms with Gasteiger partial charge in [0.05, 0.1) is 12.7 Å². The minimum atomic E-state index is 0.333. The Morgan fingerprint density at radius 2 is 2.13 bits per heavy atom. The molecule has 1 aromatic carbocycles. The van der Waals surface area contributed by atoms with Gasteiger partial charge >= 0.3 is 0 Å². The second-order valence-electron chi connectivity index (χ2n) is 5.73. The zero-order valence-electron chi connectivity index (χ0n) is 14.1. The van der Waals surface area contributed by atoms with E-state index < -0.39 is 0 Å². The summed E-state index contributed by atoms with van der Waals surface area (Å²) in [6, 6.07) is 12.9. The van der Waals surface area contributed by atoms with E-state index in [1.54, 1.807) is 0 Å². The second kappa shape index (κ2) is 8.71. The van der Waals surface area contributed by atoms with E-state index in [9.17, 15) is 0 Å². The fourth-order valence-electron chi connectivity index (χ4n) is 2.55. The lowest BCUT2D eigenvalue weighted by molar-refractivity contribution is 0.312. The molecule has 0 saturated heterocycles. The molecule has 1 aromatic heterocycles. The summed E-state index contributed by atoms with van der Waals surface area (Å²) in [5.41, 5.74) is 2.59. The topological polar surface area (TPSA) is 45.0 Å². The van der Waals surface area contributed by atoms with Crippen LogP contribution in [0.4, 0.5) is 0 Å². The smallest absolute Gasteiger partial charge is 0.119 e. The van der Waals surface area contributed by atoms with Gasteiger partial charge in [-0.3, -0.25) is 0 Å². The van der Waals surface area contributed by atoms with Crippen molar-refractivity contribution in [1.29, 1.82) is 5.26 Å². The lowest BCUT2D eigenvalue weighted by atomic mass is 10.1. The molecule has 0 aliphatic heterocycles. The first-order valence-electron chi connectivity index (χ1n) is 7.99. The average molecular weight is 328 g/mol. The van der Waals surface area contributed by atoms with E-state index in [0.29, 0.717) is 19.1 Å². The Labute approximate surface area is 142 Å². The highest BCUT2D eigenvalue weighted by Crippen LogP contribution is 2.26. The SMILES string of the molecule is Cc1cc(C(C)NCc2cccc(OCCCC#N)c2)c(C)s1. The Morgan fingerprint density at radius 3 is 2.83 bits per heavy atom. The Balaban J connectivity index is 1.88. The van der Waals surface area contributed by atoms with Gasteiger partial charge in [-0.25, -0.2) is 0 Å². The van der Waals surface area contributed by atoms with E-state index in [-0.39, 0.29) is 0 Å². The number of aryl methyl sites for hydroxylation is 2. The van der Waals surface area contributed by atoms with Crippen molar-refractivity contribution in [2.24, 2.45) is 0 Å². The molecule has 2 aromatic rings. The quantitative estimate of drug-likeness (QED) is 0.701. The van der Waals surface area contributed by atoms with E-state index in [0.717, 1.165) is 18.7 Å². The van der Waals surface area contributed by atoms with Crippen molar-refractivity contribution < 1.29 is 4.74 Å². The standard InChI is InChI=1S/C19H24N2OS/c1-14-11-19(16(3)23-14)15(2)21-13-17-7-6-8-18(12-17)22-10-5-4-9-20/h6-8,11-12,15,21H,4-5,10,13H2,1-3H3. The molecule has 0 radical (unpaired) electrons. The van der Waals surface area contributed by atoms with Gasteiger partial charge in [0.1, 0.15) is 5.75 Å². The van der Waals surface area contributed by atoms with Gasteiger partial charge in [0, 0.05) is 28.8 Å². The van der Waals surface area contributed by atoms with Crippen molar-refractivity contribution in [3.05, 3.63) is 51.2 Å². The maximum Gasteiger partial charge on any atom is 0.119 e. The van der Waals surface area contributed by atoms with Crippen molar-refractivity contribution in [3.8, 4) is 11.8 Å². The van der Waals surface area contributed by atoms with Crippen molar-refractivity contribution >= 4 is 11.3 Å². The summed E-state index contributed by atoms with van der Waals surface area (Å²) in [4.78, 5) is 2.75. The van der Waals surface area contributed by atoms with Crippen LogP contribution in [-0.2, 0) is 6.54 Å². The van der Waals surface area contributed by atoms with Gasteiger partial charge in [-0.15, -0.1) is 11.3 Å².